The second-order valence-corrected chi connectivity index (χ2v) is 5.92. The average Bonchev–Trinajstić information content (AvgIpc) is 2.88. The third kappa shape index (κ3) is 2.15. The molecule has 0 amide bonds. The molecule has 1 atom stereocenters. The Balaban J connectivity index is 2.42. The summed E-state index contributed by atoms with van der Waals surface area (Å²) in [7, 11) is -3.71. The van der Waals surface area contributed by atoms with Crippen LogP contribution in [0.25, 0.3) is 0 Å². The van der Waals surface area contributed by atoms with Gasteiger partial charge in [-0.1, -0.05) is 6.07 Å². The summed E-state index contributed by atoms with van der Waals surface area (Å²) in [6, 6.07) is 6.98. The maximum atomic E-state index is 12.3. The lowest BCUT2D eigenvalue weighted by Gasteiger charge is -2.19. The highest BCUT2D eigenvalue weighted by atomic mass is 32.2. The fourth-order valence-corrected chi connectivity index (χ4v) is 3.66. The monoisotopic (exact) mass is 263 g/mol. The molecule has 2 rings (SSSR count). The lowest BCUT2D eigenvalue weighted by Crippen LogP contribution is -2.36. The molecule has 0 saturated carbocycles. The minimum Gasteiger partial charge on any atom is -0.289 e. The summed E-state index contributed by atoms with van der Waals surface area (Å²) < 4.78 is 25.8. The van der Waals surface area contributed by atoms with Crippen LogP contribution < -0.4 is 0 Å². The van der Waals surface area contributed by atoms with Gasteiger partial charge >= 0.3 is 0 Å². The number of hydrogen-bond donors (Lipinski definition) is 0. The van der Waals surface area contributed by atoms with Gasteiger partial charge in [0, 0.05) is 6.54 Å². The molecule has 0 aliphatic carbocycles. The first-order valence-corrected chi connectivity index (χ1v) is 6.93. The van der Waals surface area contributed by atoms with E-state index in [4.69, 9.17) is 5.26 Å². The summed E-state index contributed by atoms with van der Waals surface area (Å²) in [4.78, 5) is 10.8. The first-order valence-electron chi connectivity index (χ1n) is 5.49. The lowest BCUT2D eigenvalue weighted by molar-refractivity contribution is 0.426. The second kappa shape index (κ2) is 4.88. The van der Waals surface area contributed by atoms with Gasteiger partial charge in [-0.25, -0.2) is 8.42 Å². The smallest absolute Gasteiger partial charge is 0.243 e. The topological polar surface area (TPSA) is 78.2 Å². The molecule has 1 fully saturated rings. The highest BCUT2D eigenvalue weighted by Crippen LogP contribution is 2.25. The summed E-state index contributed by atoms with van der Waals surface area (Å²) in [5, 5.41) is 8.77. The van der Waals surface area contributed by atoms with Crippen LogP contribution in [0.1, 0.15) is 18.4 Å². The quantitative estimate of drug-likeness (QED) is 0.808. The van der Waals surface area contributed by atoms with Crippen LogP contribution in [-0.2, 0) is 14.8 Å². The van der Waals surface area contributed by atoms with Gasteiger partial charge in [0.25, 0.3) is 0 Å². The molecule has 1 aliphatic rings. The van der Waals surface area contributed by atoms with E-state index in [0.29, 0.717) is 19.4 Å². The molecule has 1 saturated heterocycles. The van der Waals surface area contributed by atoms with Gasteiger partial charge < -0.3 is 0 Å². The van der Waals surface area contributed by atoms with E-state index in [9.17, 15) is 13.2 Å². The van der Waals surface area contributed by atoms with Crippen molar-refractivity contribution in [3.8, 4) is 6.07 Å². The first kappa shape index (κ1) is 12.7. The van der Waals surface area contributed by atoms with Crippen LogP contribution >= 0.6 is 0 Å². The highest BCUT2D eigenvalue weighted by Gasteiger charge is 2.35. The predicted octanol–water partition coefficient (Wildman–Crippen LogP) is 0.821. The molecule has 93 valence electrons. The van der Waals surface area contributed by atoms with Gasteiger partial charge in [0.05, 0.1) is 22.6 Å². The first-order chi connectivity index (χ1) is 8.59. The van der Waals surface area contributed by atoms with Crippen LogP contribution in [0.2, 0.25) is 0 Å². The van der Waals surface area contributed by atoms with Gasteiger partial charge in [0.1, 0.15) is 0 Å². The van der Waals surface area contributed by atoms with Crippen molar-refractivity contribution in [1.29, 1.82) is 5.26 Å². The summed E-state index contributed by atoms with van der Waals surface area (Å²) in [5.74, 6) is 0. The standard InChI is InChI=1S/C12H11N2O3S/c13-8-10-3-1-5-12(7-10)18(16,17)14-6-2-4-11(14)9-15/h1,3,5,7,11H,2,4,6H2/t11-/m0/s1. The summed E-state index contributed by atoms with van der Waals surface area (Å²) in [5.41, 5.74) is 0.280. The predicted molar refractivity (Wildman–Crippen MR) is 63.8 cm³/mol. The SMILES string of the molecule is N#Cc1cccc(S(=O)(=O)N2CCC[C@H]2[C]=O)c1. The Bertz CT molecular complexity index is 604. The Morgan fingerprint density at radius 2 is 2.17 bits per heavy atom. The lowest BCUT2D eigenvalue weighted by atomic mass is 10.2. The average molecular weight is 263 g/mol. The zero-order valence-corrected chi connectivity index (χ0v) is 10.4. The number of benzene rings is 1. The summed E-state index contributed by atoms with van der Waals surface area (Å²) in [6.07, 6.45) is 2.90. The largest absolute Gasteiger partial charge is 0.289 e. The van der Waals surface area contributed by atoms with E-state index in [-0.39, 0.29) is 10.5 Å². The minimum atomic E-state index is -3.71. The normalized spacial score (nSPS) is 20.5. The van der Waals surface area contributed by atoms with Crippen molar-refractivity contribution in [3.05, 3.63) is 29.8 Å². The Morgan fingerprint density at radius 1 is 1.39 bits per heavy atom. The van der Waals surface area contributed by atoms with Gasteiger partial charge in [-0.05, 0) is 31.0 Å². The Labute approximate surface area is 106 Å². The van der Waals surface area contributed by atoms with Gasteiger partial charge in [-0.2, -0.15) is 9.57 Å². The third-order valence-electron chi connectivity index (χ3n) is 2.91. The molecule has 0 spiro atoms. The Morgan fingerprint density at radius 3 is 2.83 bits per heavy atom. The maximum Gasteiger partial charge on any atom is 0.243 e. The van der Waals surface area contributed by atoms with E-state index in [1.807, 2.05) is 6.07 Å². The van der Waals surface area contributed by atoms with Crippen molar-refractivity contribution in [1.82, 2.24) is 4.31 Å². The number of rotatable bonds is 3. The molecular formula is C12H11N2O3S. The molecule has 1 heterocycles. The number of hydrogen-bond acceptors (Lipinski definition) is 4. The Kier molecular flexibility index (Phi) is 3.45. The van der Waals surface area contributed by atoms with E-state index in [1.165, 1.54) is 24.3 Å². The van der Waals surface area contributed by atoms with Crippen molar-refractivity contribution in [2.45, 2.75) is 23.8 Å². The molecular weight excluding hydrogens is 252 g/mol. The number of sulfonamides is 1. The molecule has 0 unspecified atom stereocenters. The second-order valence-electron chi connectivity index (χ2n) is 4.03. The molecule has 0 bridgehead atoms. The molecule has 5 nitrogen and oxygen atoms in total. The zero-order chi connectivity index (χ0) is 13.2. The van der Waals surface area contributed by atoms with Crippen molar-refractivity contribution < 1.29 is 13.2 Å². The van der Waals surface area contributed by atoms with E-state index < -0.39 is 16.1 Å². The van der Waals surface area contributed by atoms with Gasteiger partial charge in [-0.3, -0.25) is 4.79 Å². The number of nitriles is 1. The molecule has 1 aromatic carbocycles. The third-order valence-corrected chi connectivity index (χ3v) is 4.81. The number of nitrogens with zero attached hydrogens (tertiary/aromatic N) is 2. The van der Waals surface area contributed by atoms with Gasteiger partial charge in [0.2, 0.25) is 16.3 Å². The van der Waals surface area contributed by atoms with Crippen molar-refractivity contribution >= 4 is 16.3 Å². The van der Waals surface area contributed by atoms with Crippen molar-refractivity contribution in [3.63, 3.8) is 0 Å². The minimum absolute atomic E-state index is 0.0451. The molecule has 1 radical (unpaired) electrons. The summed E-state index contributed by atoms with van der Waals surface area (Å²) in [6.45, 7) is 0.318. The fraction of sp³-hybridized carbons (Fsp3) is 0.333. The zero-order valence-electron chi connectivity index (χ0n) is 9.54. The fourth-order valence-electron chi connectivity index (χ4n) is 2.01. The molecule has 1 aliphatic heterocycles. The van der Waals surface area contributed by atoms with Crippen molar-refractivity contribution in [2.75, 3.05) is 6.54 Å². The molecule has 1 aromatic rings. The Hall–Kier alpha value is -1.71. The van der Waals surface area contributed by atoms with Crippen LogP contribution in [0.5, 0.6) is 0 Å². The molecule has 18 heavy (non-hydrogen) atoms. The molecule has 6 heteroatoms. The van der Waals surface area contributed by atoms with Crippen molar-refractivity contribution in [2.24, 2.45) is 0 Å². The van der Waals surface area contributed by atoms with Crippen LogP contribution in [0, 0.1) is 11.3 Å². The van der Waals surface area contributed by atoms with Crippen LogP contribution in [0.15, 0.2) is 29.2 Å². The van der Waals surface area contributed by atoms with Crippen LogP contribution in [-0.4, -0.2) is 31.6 Å². The van der Waals surface area contributed by atoms with Gasteiger partial charge in [-0.15, -0.1) is 0 Å². The van der Waals surface area contributed by atoms with Crippen LogP contribution in [0.3, 0.4) is 0 Å². The van der Waals surface area contributed by atoms with E-state index in [0.717, 1.165) is 4.31 Å². The number of carbonyl (C=O) groups excluding carboxylic acids is 1. The van der Waals surface area contributed by atoms with E-state index in [1.54, 1.807) is 6.29 Å². The van der Waals surface area contributed by atoms with E-state index >= 15 is 0 Å². The molecule has 0 N–H and O–H groups in total. The molecule has 0 aromatic heterocycles. The van der Waals surface area contributed by atoms with Crippen LogP contribution in [0.4, 0.5) is 0 Å². The van der Waals surface area contributed by atoms with E-state index in [2.05, 4.69) is 0 Å². The highest BCUT2D eigenvalue weighted by molar-refractivity contribution is 7.89. The maximum absolute atomic E-state index is 12.3. The van der Waals surface area contributed by atoms with Gasteiger partial charge in [0.15, 0.2) is 0 Å². The summed E-state index contributed by atoms with van der Waals surface area (Å²) >= 11 is 0.